The van der Waals surface area contributed by atoms with Gasteiger partial charge in [-0.1, -0.05) is 40.0 Å². The molecule has 2 N–H and O–H groups in total. The van der Waals surface area contributed by atoms with Crippen molar-refractivity contribution in [3.63, 3.8) is 0 Å². The molecule has 0 amide bonds. The van der Waals surface area contributed by atoms with Crippen molar-refractivity contribution in [3.05, 3.63) is 17.5 Å². The maximum atomic E-state index is 5.73. The maximum absolute atomic E-state index is 5.73. The molecule has 0 atom stereocenters. The lowest BCUT2D eigenvalue weighted by Crippen LogP contribution is -2.23. The lowest BCUT2D eigenvalue weighted by Gasteiger charge is -2.28. The number of nitrogens with zero attached hydrogens (tertiary/aromatic N) is 2. The number of nitrogens with two attached hydrogens (primary N) is 1. The van der Waals surface area contributed by atoms with E-state index < -0.39 is 0 Å². The Balaban J connectivity index is 2.33. The van der Waals surface area contributed by atoms with Gasteiger partial charge in [0.15, 0.2) is 0 Å². The van der Waals surface area contributed by atoms with E-state index in [1.807, 2.05) is 0 Å². The topological polar surface area (TPSA) is 43.8 Å². The van der Waals surface area contributed by atoms with Gasteiger partial charge < -0.3 is 5.73 Å². The van der Waals surface area contributed by atoms with Crippen LogP contribution < -0.4 is 5.73 Å². The summed E-state index contributed by atoms with van der Waals surface area (Å²) in [5, 5.41) is 4.71. The van der Waals surface area contributed by atoms with Gasteiger partial charge in [-0.05, 0) is 18.9 Å². The Labute approximate surface area is 104 Å². The lowest BCUT2D eigenvalue weighted by atomic mass is 9.89. The largest absolute Gasteiger partial charge is 0.325 e. The van der Waals surface area contributed by atoms with Crippen LogP contribution in [0.25, 0.3) is 0 Å². The molecule has 0 bridgehead atoms. The van der Waals surface area contributed by atoms with Gasteiger partial charge in [-0.25, -0.2) is 0 Å². The summed E-state index contributed by atoms with van der Waals surface area (Å²) in [6.07, 6.45) is 6.61. The molecule has 1 saturated carbocycles. The monoisotopic (exact) mass is 235 g/mol. The van der Waals surface area contributed by atoms with Gasteiger partial charge in [-0.15, -0.1) is 0 Å². The van der Waals surface area contributed by atoms with Crippen LogP contribution in [-0.2, 0) is 12.0 Å². The molecule has 1 aromatic rings. The highest BCUT2D eigenvalue weighted by Crippen LogP contribution is 2.32. The third kappa shape index (κ3) is 2.71. The van der Waals surface area contributed by atoms with Gasteiger partial charge in [-0.2, -0.15) is 5.10 Å². The van der Waals surface area contributed by atoms with Gasteiger partial charge in [0.25, 0.3) is 0 Å². The molecule has 1 heterocycles. The standard InChI is InChI=1S/C14H25N3/c1-14(2,3)13-9-11(10-15)16-17(13)12-7-5-4-6-8-12/h9,12H,4-8,10,15H2,1-3H3. The van der Waals surface area contributed by atoms with Crippen LogP contribution >= 0.6 is 0 Å². The highest BCUT2D eigenvalue weighted by atomic mass is 15.3. The Bertz CT molecular complexity index is 367. The van der Waals surface area contributed by atoms with E-state index in [0.717, 1.165) is 5.69 Å². The minimum Gasteiger partial charge on any atom is -0.325 e. The van der Waals surface area contributed by atoms with Crippen molar-refractivity contribution in [2.75, 3.05) is 0 Å². The molecule has 1 aliphatic carbocycles. The normalized spacial score (nSPS) is 18.6. The van der Waals surface area contributed by atoms with Crippen molar-refractivity contribution in [2.45, 2.75) is 70.9 Å². The van der Waals surface area contributed by atoms with E-state index in [4.69, 9.17) is 10.8 Å². The molecule has 0 saturated heterocycles. The summed E-state index contributed by atoms with van der Waals surface area (Å²) in [6, 6.07) is 2.78. The van der Waals surface area contributed by atoms with E-state index in [1.165, 1.54) is 37.8 Å². The number of hydrogen-bond donors (Lipinski definition) is 1. The minimum absolute atomic E-state index is 0.151. The van der Waals surface area contributed by atoms with Crippen molar-refractivity contribution >= 4 is 0 Å². The Morgan fingerprint density at radius 2 is 1.94 bits per heavy atom. The van der Waals surface area contributed by atoms with Crippen LogP contribution in [-0.4, -0.2) is 9.78 Å². The summed E-state index contributed by atoms with van der Waals surface area (Å²) in [5.74, 6) is 0. The predicted octanol–water partition coefficient (Wildman–Crippen LogP) is 3.14. The Morgan fingerprint density at radius 3 is 2.47 bits per heavy atom. The van der Waals surface area contributed by atoms with Gasteiger partial charge in [0.2, 0.25) is 0 Å². The number of hydrogen-bond acceptors (Lipinski definition) is 2. The molecule has 1 fully saturated rings. The number of rotatable bonds is 2. The summed E-state index contributed by atoms with van der Waals surface area (Å²) in [4.78, 5) is 0. The van der Waals surface area contributed by atoms with Crippen LogP contribution in [0, 0.1) is 0 Å². The predicted molar refractivity (Wildman–Crippen MR) is 70.9 cm³/mol. The van der Waals surface area contributed by atoms with E-state index in [-0.39, 0.29) is 5.41 Å². The third-order valence-electron chi connectivity index (χ3n) is 3.68. The fraction of sp³-hybridized carbons (Fsp3) is 0.786. The van der Waals surface area contributed by atoms with Crippen molar-refractivity contribution in [1.82, 2.24) is 9.78 Å². The molecular weight excluding hydrogens is 210 g/mol. The van der Waals surface area contributed by atoms with E-state index in [0.29, 0.717) is 12.6 Å². The van der Waals surface area contributed by atoms with Gasteiger partial charge in [-0.3, -0.25) is 4.68 Å². The first kappa shape index (κ1) is 12.6. The van der Waals surface area contributed by atoms with E-state index in [9.17, 15) is 0 Å². The molecule has 1 aliphatic rings. The fourth-order valence-corrected chi connectivity index (χ4v) is 2.71. The average molecular weight is 235 g/mol. The smallest absolute Gasteiger partial charge is 0.0763 e. The molecule has 96 valence electrons. The molecule has 3 nitrogen and oxygen atoms in total. The Morgan fingerprint density at radius 1 is 1.29 bits per heavy atom. The molecule has 17 heavy (non-hydrogen) atoms. The second kappa shape index (κ2) is 4.81. The first-order valence-electron chi connectivity index (χ1n) is 6.81. The van der Waals surface area contributed by atoms with Gasteiger partial charge >= 0.3 is 0 Å². The van der Waals surface area contributed by atoms with Crippen molar-refractivity contribution in [2.24, 2.45) is 5.73 Å². The van der Waals surface area contributed by atoms with Crippen LogP contribution in [0.4, 0.5) is 0 Å². The zero-order valence-corrected chi connectivity index (χ0v) is 11.4. The Hall–Kier alpha value is -0.830. The van der Waals surface area contributed by atoms with Crippen LogP contribution in [0.2, 0.25) is 0 Å². The molecule has 0 unspecified atom stereocenters. The third-order valence-corrected chi connectivity index (χ3v) is 3.68. The van der Waals surface area contributed by atoms with E-state index in [1.54, 1.807) is 0 Å². The molecule has 0 spiro atoms. The zero-order chi connectivity index (χ0) is 12.5. The molecule has 1 aromatic heterocycles. The quantitative estimate of drug-likeness (QED) is 0.855. The molecule has 0 radical (unpaired) electrons. The van der Waals surface area contributed by atoms with Crippen molar-refractivity contribution < 1.29 is 0 Å². The summed E-state index contributed by atoms with van der Waals surface area (Å²) in [7, 11) is 0. The fourth-order valence-electron chi connectivity index (χ4n) is 2.71. The minimum atomic E-state index is 0.151. The SMILES string of the molecule is CC(C)(C)c1cc(CN)nn1C1CCCCC1. The van der Waals surface area contributed by atoms with Crippen molar-refractivity contribution in [3.8, 4) is 0 Å². The van der Waals surface area contributed by atoms with Gasteiger partial charge in [0.1, 0.15) is 0 Å². The highest BCUT2D eigenvalue weighted by Gasteiger charge is 2.25. The van der Waals surface area contributed by atoms with Crippen LogP contribution in [0.3, 0.4) is 0 Å². The zero-order valence-electron chi connectivity index (χ0n) is 11.4. The summed E-state index contributed by atoms with van der Waals surface area (Å²) in [6.45, 7) is 7.31. The molecule has 3 heteroatoms. The van der Waals surface area contributed by atoms with Gasteiger partial charge in [0, 0.05) is 17.7 Å². The van der Waals surface area contributed by atoms with Gasteiger partial charge in [0.05, 0.1) is 11.7 Å². The van der Waals surface area contributed by atoms with Crippen LogP contribution in [0.5, 0.6) is 0 Å². The highest BCUT2D eigenvalue weighted by molar-refractivity contribution is 5.19. The van der Waals surface area contributed by atoms with E-state index in [2.05, 4.69) is 31.5 Å². The van der Waals surface area contributed by atoms with Crippen LogP contribution in [0.15, 0.2) is 6.07 Å². The summed E-state index contributed by atoms with van der Waals surface area (Å²) < 4.78 is 2.27. The molecule has 0 aliphatic heterocycles. The first-order valence-corrected chi connectivity index (χ1v) is 6.81. The van der Waals surface area contributed by atoms with E-state index >= 15 is 0 Å². The second-order valence-corrected chi connectivity index (χ2v) is 6.21. The second-order valence-electron chi connectivity index (χ2n) is 6.21. The lowest BCUT2D eigenvalue weighted by molar-refractivity contribution is 0.308. The maximum Gasteiger partial charge on any atom is 0.0763 e. The molecule has 2 rings (SSSR count). The first-order chi connectivity index (χ1) is 8.02. The molecular formula is C14H25N3. The van der Waals surface area contributed by atoms with Crippen LogP contribution in [0.1, 0.15) is 70.3 Å². The average Bonchev–Trinajstić information content (AvgIpc) is 2.74. The number of aromatic nitrogens is 2. The Kier molecular flexibility index (Phi) is 3.57. The molecule has 0 aromatic carbocycles. The van der Waals surface area contributed by atoms with Crippen molar-refractivity contribution in [1.29, 1.82) is 0 Å². The summed E-state index contributed by atoms with van der Waals surface area (Å²) in [5.41, 5.74) is 8.25. The summed E-state index contributed by atoms with van der Waals surface area (Å²) >= 11 is 0.